The molecule has 4 heteroatoms. The molecule has 0 saturated heterocycles. The van der Waals surface area contributed by atoms with Gasteiger partial charge in [0.1, 0.15) is 0 Å². The lowest BCUT2D eigenvalue weighted by Gasteiger charge is -2.25. The molecule has 0 aliphatic carbocycles. The molecule has 84 valence electrons. The van der Waals surface area contributed by atoms with E-state index in [1.54, 1.807) is 0 Å². The highest BCUT2D eigenvalue weighted by molar-refractivity contribution is 6.19. The van der Waals surface area contributed by atoms with Crippen molar-refractivity contribution in [2.24, 2.45) is 5.41 Å². The van der Waals surface area contributed by atoms with Crippen LogP contribution in [-0.2, 0) is 4.79 Å². The number of rotatable bonds is 5. The minimum absolute atomic E-state index is 0.0156. The standard InChI is InChI=1S/C10H21ClN2O/c1-8(6-13(4)5)12-9(14)10(2,3)7-11/h8H,6-7H2,1-5H3,(H,12,14). The van der Waals surface area contributed by atoms with Gasteiger partial charge >= 0.3 is 0 Å². The second-order valence-electron chi connectivity index (χ2n) is 4.65. The van der Waals surface area contributed by atoms with E-state index in [0.29, 0.717) is 5.88 Å². The van der Waals surface area contributed by atoms with Crippen LogP contribution in [0.1, 0.15) is 20.8 Å². The van der Waals surface area contributed by atoms with Crippen molar-refractivity contribution < 1.29 is 4.79 Å². The van der Waals surface area contributed by atoms with Gasteiger partial charge in [-0.05, 0) is 34.9 Å². The summed E-state index contributed by atoms with van der Waals surface area (Å²) in [7, 11) is 3.96. The Bertz CT molecular complexity index is 193. The predicted molar refractivity (Wildman–Crippen MR) is 60.7 cm³/mol. The molecule has 0 heterocycles. The molecule has 0 aromatic heterocycles. The summed E-state index contributed by atoms with van der Waals surface area (Å²) in [6.07, 6.45) is 0. The van der Waals surface area contributed by atoms with Crippen molar-refractivity contribution in [3.63, 3.8) is 0 Å². The first-order chi connectivity index (χ1) is 6.29. The van der Waals surface area contributed by atoms with E-state index in [2.05, 4.69) is 5.32 Å². The molecule has 0 aliphatic rings. The second-order valence-corrected chi connectivity index (χ2v) is 4.92. The summed E-state index contributed by atoms with van der Waals surface area (Å²) < 4.78 is 0. The lowest BCUT2D eigenvalue weighted by molar-refractivity contribution is -0.129. The molecule has 14 heavy (non-hydrogen) atoms. The third-order valence-electron chi connectivity index (χ3n) is 1.97. The van der Waals surface area contributed by atoms with Crippen LogP contribution in [0.5, 0.6) is 0 Å². The maximum Gasteiger partial charge on any atom is 0.227 e. The largest absolute Gasteiger partial charge is 0.352 e. The fourth-order valence-corrected chi connectivity index (χ4v) is 1.19. The highest BCUT2D eigenvalue weighted by atomic mass is 35.5. The highest BCUT2D eigenvalue weighted by Crippen LogP contribution is 2.16. The van der Waals surface area contributed by atoms with Crippen molar-refractivity contribution in [1.82, 2.24) is 10.2 Å². The summed E-state index contributed by atoms with van der Waals surface area (Å²) in [4.78, 5) is 13.7. The molecule has 0 saturated carbocycles. The number of halogens is 1. The molecule has 0 fully saturated rings. The minimum atomic E-state index is -0.484. The smallest absolute Gasteiger partial charge is 0.227 e. The number of carbonyl (C=O) groups excluding carboxylic acids is 1. The number of nitrogens with one attached hydrogen (secondary N) is 1. The number of hydrogen-bond acceptors (Lipinski definition) is 2. The fourth-order valence-electron chi connectivity index (χ4n) is 1.07. The summed E-state index contributed by atoms with van der Waals surface area (Å²) in [6.45, 7) is 6.52. The summed E-state index contributed by atoms with van der Waals surface area (Å²) in [5.41, 5.74) is -0.484. The van der Waals surface area contributed by atoms with Gasteiger partial charge in [-0.3, -0.25) is 4.79 Å². The Morgan fingerprint density at radius 1 is 1.50 bits per heavy atom. The molecular formula is C10H21ClN2O. The first-order valence-corrected chi connectivity index (χ1v) is 5.34. The highest BCUT2D eigenvalue weighted by Gasteiger charge is 2.27. The van der Waals surface area contributed by atoms with Crippen molar-refractivity contribution in [3.8, 4) is 0 Å². The number of amides is 1. The summed E-state index contributed by atoms with van der Waals surface area (Å²) in [5, 5.41) is 2.94. The zero-order chi connectivity index (χ0) is 11.4. The quantitative estimate of drug-likeness (QED) is 0.709. The number of hydrogen-bond donors (Lipinski definition) is 1. The zero-order valence-corrected chi connectivity index (χ0v) is 10.5. The van der Waals surface area contributed by atoms with E-state index in [-0.39, 0.29) is 11.9 Å². The van der Waals surface area contributed by atoms with Crippen molar-refractivity contribution in [2.45, 2.75) is 26.8 Å². The van der Waals surface area contributed by atoms with E-state index >= 15 is 0 Å². The van der Waals surface area contributed by atoms with Crippen LogP contribution in [0.4, 0.5) is 0 Å². The van der Waals surface area contributed by atoms with Gasteiger partial charge in [-0.1, -0.05) is 0 Å². The van der Waals surface area contributed by atoms with E-state index in [4.69, 9.17) is 11.6 Å². The molecule has 1 atom stereocenters. The van der Waals surface area contributed by atoms with Gasteiger partial charge in [0.15, 0.2) is 0 Å². The van der Waals surface area contributed by atoms with Crippen LogP contribution in [0.25, 0.3) is 0 Å². The van der Waals surface area contributed by atoms with E-state index in [1.807, 2.05) is 39.8 Å². The van der Waals surface area contributed by atoms with E-state index in [1.165, 1.54) is 0 Å². The van der Waals surface area contributed by atoms with Crippen LogP contribution in [0.2, 0.25) is 0 Å². The molecule has 0 radical (unpaired) electrons. The monoisotopic (exact) mass is 220 g/mol. The van der Waals surface area contributed by atoms with Crippen LogP contribution in [-0.4, -0.2) is 43.4 Å². The number of nitrogens with zero attached hydrogens (tertiary/aromatic N) is 1. The Morgan fingerprint density at radius 2 is 2.00 bits per heavy atom. The topological polar surface area (TPSA) is 32.3 Å². The van der Waals surface area contributed by atoms with Crippen LogP contribution >= 0.6 is 11.6 Å². The van der Waals surface area contributed by atoms with Gasteiger partial charge in [0.2, 0.25) is 5.91 Å². The molecule has 0 bridgehead atoms. The van der Waals surface area contributed by atoms with Crippen LogP contribution < -0.4 is 5.32 Å². The summed E-state index contributed by atoms with van der Waals surface area (Å²) >= 11 is 5.71. The second kappa shape index (κ2) is 5.56. The third kappa shape index (κ3) is 4.82. The summed E-state index contributed by atoms with van der Waals surface area (Å²) in [6, 6.07) is 0.153. The van der Waals surface area contributed by atoms with E-state index < -0.39 is 5.41 Å². The average molecular weight is 221 g/mol. The Balaban J connectivity index is 4.06. The van der Waals surface area contributed by atoms with Gasteiger partial charge in [-0.25, -0.2) is 0 Å². The van der Waals surface area contributed by atoms with Crippen molar-refractivity contribution in [1.29, 1.82) is 0 Å². The molecule has 0 aliphatic heterocycles. The molecule has 0 rings (SSSR count). The van der Waals surface area contributed by atoms with Crippen LogP contribution in [0, 0.1) is 5.41 Å². The number of likely N-dealkylation sites (N-methyl/N-ethyl adjacent to an activating group) is 1. The van der Waals surface area contributed by atoms with Gasteiger partial charge in [-0.15, -0.1) is 11.6 Å². The van der Waals surface area contributed by atoms with E-state index in [0.717, 1.165) is 6.54 Å². The lowest BCUT2D eigenvalue weighted by Crippen LogP contribution is -2.46. The Hall–Kier alpha value is -0.280. The molecule has 1 unspecified atom stereocenters. The number of alkyl halides is 1. The van der Waals surface area contributed by atoms with Gasteiger partial charge in [0.05, 0.1) is 5.41 Å². The molecule has 0 spiro atoms. The van der Waals surface area contributed by atoms with Gasteiger partial charge < -0.3 is 10.2 Å². The zero-order valence-electron chi connectivity index (χ0n) is 9.72. The minimum Gasteiger partial charge on any atom is -0.352 e. The van der Waals surface area contributed by atoms with Gasteiger partial charge in [-0.2, -0.15) is 0 Å². The van der Waals surface area contributed by atoms with Gasteiger partial charge in [0, 0.05) is 18.5 Å². The molecular weight excluding hydrogens is 200 g/mol. The van der Waals surface area contributed by atoms with E-state index in [9.17, 15) is 4.79 Å². The first-order valence-electron chi connectivity index (χ1n) is 4.81. The van der Waals surface area contributed by atoms with Crippen molar-refractivity contribution in [3.05, 3.63) is 0 Å². The summed E-state index contributed by atoms with van der Waals surface area (Å²) in [5.74, 6) is 0.356. The SMILES string of the molecule is CC(CN(C)C)NC(=O)C(C)(C)CCl. The van der Waals surface area contributed by atoms with Crippen LogP contribution in [0.15, 0.2) is 0 Å². The molecule has 1 N–H and O–H groups in total. The molecule has 0 aromatic carbocycles. The molecule has 0 aromatic rings. The predicted octanol–water partition coefficient (Wildman–Crippen LogP) is 1.32. The first kappa shape index (κ1) is 13.7. The van der Waals surface area contributed by atoms with Gasteiger partial charge in [0.25, 0.3) is 0 Å². The van der Waals surface area contributed by atoms with Crippen molar-refractivity contribution >= 4 is 17.5 Å². The molecule has 1 amide bonds. The van der Waals surface area contributed by atoms with Crippen LogP contribution in [0.3, 0.4) is 0 Å². The Morgan fingerprint density at radius 3 is 2.36 bits per heavy atom. The Labute approximate surface area is 91.8 Å². The Kier molecular flexibility index (Phi) is 5.45. The maximum atomic E-state index is 11.7. The molecule has 3 nitrogen and oxygen atoms in total. The van der Waals surface area contributed by atoms with Crippen molar-refractivity contribution in [2.75, 3.05) is 26.5 Å². The maximum absolute atomic E-state index is 11.7. The number of carbonyl (C=O) groups is 1. The average Bonchev–Trinajstić information content (AvgIpc) is 2.02. The fraction of sp³-hybridized carbons (Fsp3) is 0.900. The normalized spacial score (nSPS) is 14.2. The third-order valence-corrected chi connectivity index (χ3v) is 2.63. The lowest BCUT2D eigenvalue weighted by atomic mass is 9.95.